The van der Waals surface area contributed by atoms with Gasteiger partial charge in [-0.15, -0.1) is 40.8 Å². The molecule has 4 saturated carbocycles. The molecule has 0 spiro atoms. The molecule has 0 bridgehead atoms. The number of nitrogens with zero attached hydrogens (tertiary/aromatic N) is 20. The van der Waals surface area contributed by atoms with E-state index in [4.69, 9.17) is 0 Å². The van der Waals surface area contributed by atoms with Crippen LogP contribution in [-0.4, -0.2) is 236 Å². The Morgan fingerprint density at radius 2 is 0.675 bits per heavy atom. The SMILES string of the molecule is CNS(=O)(=O)c1ccc(CC2CCCCC2)c(-c2nnn(C3CCCN(C(C)=O)C3)n2)c1.CNS(=O)(=O)c1ccc(CC2CCCCC2)c(-c2nnn(C3CN(C(C)C)C3)n2)c1.CNS(=O)(=O)c1ccc(CC2CCCCC2)c(-c2nnn(C3CN(S(C)(=O)=O)C3)n2)c1.CNS(=O)(=O)c1ccc(CC2CCCCC2)c(-c2nnn(C3CN(c4ccccc4)C3)n2)c1. The molecule has 17 rings (SSSR count). The lowest BCUT2D eigenvalue weighted by Gasteiger charge is -2.40. The van der Waals surface area contributed by atoms with Gasteiger partial charge >= 0.3 is 0 Å². The fourth-order valence-corrected chi connectivity index (χ4v) is 22.3. The van der Waals surface area contributed by atoms with Crippen molar-refractivity contribution in [3.05, 3.63) is 125 Å². The monoisotopic (exact) mass is 1830 g/mol. The van der Waals surface area contributed by atoms with E-state index in [1.165, 1.54) is 178 Å². The molecule has 1 atom stereocenters. The number of carbonyl (C=O) groups is 1. The molecular formula is C86H122N24O11S5. The maximum atomic E-state index is 12.4. The third-order valence-corrected chi connectivity index (χ3v) is 33.2. The Kier molecular flexibility index (Phi) is 30.6. The first-order chi connectivity index (χ1) is 60.4. The van der Waals surface area contributed by atoms with Gasteiger partial charge in [-0.1, -0.05) is 171 Å². The van der Waals surface area contributed by atoms with Crippen molar-refractivity contribution in [2.75, 3.05) is 91.7 Å². The molecule has 1 unspecified atom stereocenters. The second-order valence-electron chi connectivity index (χ2n) is 35.3. The molecule has 9 aromatic rings. The van der Waals surface area contributed by atoms with Crippen LogP contribution in [0, 0.1) is 23.7 Å². The van der Waals surface area contributed by atoms with E-state index in [-0.39, 0.29) is 49.7 Å². The van der Waals surface area contributed by atoms with E-state index in [0.29, 0.717) is 78.2 Å². The van der Waals surface area contributed by atoms with Crippen molar-refractivity contribution in [3.8, 4) is 45.6 Å². The van der Waals surface area contributed by atoms with Gasteiger partial charge in [0.1, 0.15) is 12.1 Å². The van der Waals surface area contributed by atoms with Gasteiger partial charge < -0.3 is 9.80 Å². The lowest BCUT2D eigenvalue weighted by molar-refractivity contribution is -0.130. The van der Waals surface area contributed by atoms with Crippen molar-refractivity contribution in [3.63, 3.8) is 0 Å². The maximum absolute atomic E-state index is 12.4. The molecule has 40 heteroatoms. The molecule has 8 fully saturated rings. The molecule has 4 aliphatic carbocycles. The number of hydrogen-bond acceptors (Lipinski definition) is 25. The highest BCUT2D eigenvalue weighted by molar-refractivity contribution is 7.90. The molecular weight excluding hydrogens is 1710 g/mol. The molecule has 1 amide bonds. The number of para-hydroxylation sites is 1. The summed E-state index contributed by atoms with van der Waals surface area (Å²) in [7, 11) is -11.9. The van der Waals surface area contributed by atoms with Crippen molar-refractivity contribution in [2.45, 2.75) is 238 Å². The highest BCUT2D eigenvalue weighted by Crippen LogP contribution is 2.39. The van der Waals surface area contributed by atoms with Crippen molar-refractivity contribution >= 4 is 61.7 Å². The van der Waals surface area contributed by atoms with E-state index in [1.807, 2.05) is 47.4 Å². The summed E-state index contributed by atoms with van der Waals surface area (Å²) >= 11 is 0. The number of rotatable bonds is 27. The van der Waals surface area contributed by atoms with Gasteiger partial charge in [-0.2, -0.15) is 23.5 Å². The third kappa shape index (κ3) is 23.1. The van der Waals surface area contributed by atoms with Crippen LogP contribution in [0.2, 0.25) is 0 Å². The second-order valence-corrected chi connectivity index (χ2v) is 44.8. The maximum Gasteiger partial charge on any atom is 0.240 e. The van der Waals surface area contributed by atoms with Crippen LogP contribution in [0.1, 0.15) is 208 Å². The van der Waals surface area contributed by atoms with Crippen molar-refractivity contribution in [2.24, 2.45) is 23.7 Å². The van der Waals surface area contributed by atoms with Gasteiger partial charge in [0, 0.05) is 93.3 Å². The van der Waals surface area contributed by atoms with Crippen LogP contribution >= 0.6 is 0 Å². The molecule has 4 saturated heterocycles. The van der Waals surface area contributed by atoms with E-state index >= 15 is 0 Å². The van der Waals surface area contributed by atoms with Gasteiger partial charge in [0.2, 0.25) is 79.3 Å². The summed E-state index contributed by atoms with van der Waals surface area (Å²) in [5, 5.41) is 52.6. The average Bonchev–Trinajstić information content (AvgIpc) is 1.59. The summed E-state index contributed by atoms with van der Waals surface area (Å²) in [4.78, 5) is 25.4. The second kappa shape index (κ2) is 41.3. The quantitative estimate of drug-likeness (QED) is 0.0372. The third-order valence-electron chi connectivity index (χ3n) is 26.3. The van der Waals surface area contributed by atoms with Gasteiger partial charge in [-0.25, -0.2) is 61.0 Å². The van der Waals surface area contributed by atoms with Crippen LogP contribution in [0.5, 0.6) is 0 Å². The summed E-state index contributed by atoms with van der Waals surface area (Å²) < 4.78 is 133. The fourth-order valence-electron chi connectivity index (χ4n) is 18.4. The van der Waals surface area contributed by atoms with E-state index in [0.717, 1.165) is 110 Å². The Balaban J connectivity index is 0.000000136. The van der Waals surface area contributed by atoms with Gasteiger partial charge in [-0.3, -0.25) is 9.69 Å². The number of benzene rings is 5. The summed E-state index contributed by atoms with van der Waals surface area (Å²) in [6, 6.07) is 31.9. The number of hydrogen-bond donors (Lipinski definition) is 4. The number of carbonyl (C=O) groups excluding carboxylic acids is 1. The first-order valence-corrected chi connectivity index (χ1v) is 52.4. The van der Waals surface area contributed by atoms with Crippen LogP contribution in [0.15, 0.2) is 123 Å². The van der Waals surface area contributed by atoms with Crippen LogP contribution in [-0.2, 0) is 80.6 Å². The number of amides is 1. The Morgan fingerprint density at radius 3 is 0.968 bits per heavy atom. The molecule has 5 aromatic carbocycles. The molecule has 8 heterocycles. The average molecular weight is 1830 g/mol. The number of nitrogens with one attached hydrogen (secondary N) is 4. The number of piperidine rings is 1. The number of tetrazole rings is 4. The van der Waals surface area contributed by atoms with Gasteiger partial charge in [-0.05, 0) is 208 Å². The van der Waals surface area contributed by atoms with Crippen molar-refractivity contribution in [1.82, 2.24) is 114 Å². The lowest BCUT2D eigenvalue weighted by atomic mass is 9.84. The highest BCUT2D eigenvalue weighted by atomic mass is 32.2. The van der Waals surface area contributed by atoms with E-state index in [9.17, 15) is 46.9 Å². The standard InChI is InChI=1S/C24H30N6O2S.C22H32N6O3S.C21H32N6O2S.C19H28N6O4S2/c1-25-33(31,32)22-13-12-19(14-18-8-4-2-5-9-18)23(15-22)24-26-28-30(27-24)21-16-29(17-21)20-10-6-3-7-11-20;1-16(29)27-12-6-9-19(15-27)28-25-22(24-26-28)21-14-20(32(30,31)23-2)11-10-18(21)13-17-7-4-3-5-8-17;1-15(2)26-13-18(14-26)27-24-21(23-25-27)20-12-19(30(28,29)22-3)10-9-17(20)11-16-7-5-4-6-8-16;1-20-31(28,29)17-9-8-15(10-14-6-4-3-5-7-14)18(11-17)19-21-23-25(22-19)16-12-24(13-16)30(2,26)27/h3,6-7,10-13,15,18,21,25H,2,4-5,8-9,14,16-17H2,1H3;10-11,14,17,19,23H,3-9,12-13,15H2,1-2H3;9-10,12,15-16,18,22H,4-8,11,13-14H2,1-3H3;8-9,11,14,16,20H,3-7,10,12-13H2,1-2H3. The van der Waals surface area contributed by atoms with E-state index < -0.39 is 50.1 Å². The molecule has 4 aromatic heterocycles. The van der Waals surface area contributed by atoms with Crippen LogP contribution in [0.3, 0.4) is 0 Å². The number of sulfonamides is 5. The van der Waals surface area contributed by atoms with E-state index in [1.54, 1.807) is 69.8 Å². The minimum Gasteiger partial charge on any atom is -0.367 e. The predicted octanol–water partition coefficient (Wildman–Crippen LogP) is 9.81. The topological polar surface area (TPSA) is 423 Å². The zero-order chi connectivity index (χ0) is 89.1. The summed E-state index contributed by atoms with van der Waals surface area (Å²) in [5.41, 5.74) is 8.38. The summed E-state index contributed by atoms with van der Waals surface area (Å²) in [5.74, 6) is 4.24. The van der Waals surface area contributed by atoms with Gasteiger partial charge in [0.05, 0.1) is 37.9 Å². The Morgan fingerprint density at radius 1 is 0.373 bits per heavy atom. The first kappa shape index (κ1) is 93.3. The molecule has 4 N–H and O–H groups in total. The Hall–Kier alpha value is -8.84. The normalized spacial score (nSPS) is 19.2. The summed E-state index contributed by atoms with van der Waals surface area (Å²) in [6.45, 7) is 11.3. The minimum atomic E-state index is -3.61. The van der Waals surface area contributed by atoms with Crippen LogP contribution in [0.25, 0.3) is 45.6 Å². The minimum absolute atomic E-state index is 0.0279. The number of aromatic nitrogens is 16. The highest BCUT2D eigenvalue weighted by Gasteiger charge is 2.38. The lowest BCUT2D eigenvalue weighted by Crippen LogP contribution is -2.51. The first-order valence-electron chi connectivity index (χ1n) is 44.6. The molecule has 4 aliphatic heterocycles. The van der Waals surface area contributed by atoms with Gasteiger partial charge in [0.15, 0.2) is 0 Å². The number of anilines is 1. The predicted molar refractivity (Wildman–Crippen MR) is 479 cm³/mol. The van der Waals surface area contributed by atoms with Crippen molar-refractivity contribution in [1.29, 1.82) is 0 Å². The van der Waals surface area contributed by atoms with Crippen LogP contribution < -0.4 is 23.8 Å². The molecule has 35 nitrogen and oxygen atoms in total. The fraction of sp³-hybridized carbons (Fsp3) is 0.593. The van der Waals surface area contributed by atoms with Crippen molar-refractivity contribution < 1.29 is 46.9 Å². The smallest absolute Gasteiger partial charge is 0.240 e. The zero-order valence-corrected chi connectivity index (χ0v) is 77.6. The number of likely N-dealkylation sites (tertiary alicyclic amines) is 2. The van der Waals surface area contributed by atoms with Gasteiger partial charge in [0.25, 0.3) is 0 Å². The van der Waals surface area contributed by atoms with Crippen LogP contribution in [0.4, 0.5) is 5.69 Å². The Bertz CT molecular complexity index is 5790. The summed E-state index contributed by atoms with van der Waals surface area (Å²) in [6.07, 6.45) is 31.3. The molecule has 8 aliphatic rings. The molecule has 126 heavy (non-hydrogen) atoms. The van der Waals surface area contributed by atoms with E-state index in [2.05, 4.69) is 116 Å². The molecule has 682 valence electrons. The zero-order valence-electron chi connectivity index (χ0n) is 73.5. The Labute approximate surface area is 741 Å². The largest absolute Gasteiger partial charge is 0.367 e. The molecule has 0 radical (unpaired) electrons.